The molecule has 112 valence electrons. The molecule has 0 aliphatic carbocycles. The zero-order chi connectivity index (χ0) is 14.5. The Bertz CT molecular complexity index is 411. The van der Waals surface area contributed by atoms with E-state index in [1.165, 1.54) is 24.2 Å². The molecule has 3 nitrogen and oxygen atoms in total. The molecule has 1 saturated heterocycles. The second-order valence-corrected chi connectivity index (χ2v) is 6.24. The van der Waals surface area contributed by atoms with Crippen LogP contribution < -0.4 is 9.64 Å². The first-order chi connectivity index (χ1) is 9.58. The maximum Gasteiger partial charge on any atom is 0.137 e. The first-order valence-corrected chi connectivity index (χ1v) is 7.80. The third kappa shape index (κ3) is 3.97. The summed E-state index contributed by atoms with van der Waals surface area (Å²) in [5, 5.41) is 10.2. The van der Waals surface area contributed by atoms with Crippen LogP contribution in [0, 0.1) is 6.92 Å². The second kappa shape index (κ2) is 7.09. The number of aliphatic hydroxyl groups excluding tert-OH is 1. The lowest BCUT2D eigenvalue weighted by Gasteiger charge is -2.36. The Morgan fingerprint density at radius 1 is 1.25 bits per heavy atom. The maximum atomic E-state index is 10.2. The van der Waals surface area contributed by atoms with Gasteiger partial charge in [-0.25, -0.2) is 0 Å². The van der Waals surface area contributed by atoms with E-state index in [9.17, 15) is 5.11 Å². The highest BCUT2D eigenvalue weighted by Gasteiger charge is 2.30. The van der Waals surface area contributed by atoms with E-state index in [0.29, 0.717) is 18.7 Å². The van der Waals surface area contributed by atoms with Crippen LogP contribution in [0.15, 0.2) is 24.3 Å². The molecular formula is C17H28NO2+. The highest BCUT2D eigenvalue weighted by molar-refractivity contribution is 5.31. The average molecular weight is 278 g/mol. The van der Waals surface area contributed by atoms with Gasteiger partial charge in [-0.05, 0) is 51.7 Å². The quantitative estimate of drug-likeness (QED) is 0.857. The molecule has 2 N–H and O–H groups in total. The molecule has 1 aromatic carbocycles. The van der Waals surface area contributed by atoms with E-state index < -0.39 is 6.10 Å². The Morgan fingerprint density at radius 2 is 1.90 bits per heavy atom. The minimum Gasteiger partial charge on any atom is -0.490 e. The van der Waals surface area contributed by atoms with Crippen molar-refractivity contribution in [2.45, 2.75) is 58.2 Å². The molecule has 0 aromatic heterocycles. The van der Waals surface area contributed by atoms with Gasteiger partial charge in [-0.15, -0.1) is 0 Å². The summed E-state index contributed by atoms with van der Waals surface area (Å²) in [6.45, 7) is 7.78. The lowest BCUT2D eigenvalue weighted by molar-refractivity contribution is -0.954. The molecule has 1 fully saturated rings. The lowest BCUT2D eigenvalue weighted by atomic mass is 9.97. The van der Waals surface area contributed by atoms with Gasteiger partial charge in [-0.3, -0.25) is 0 Å². The number of quaternary nitrogens is 1. The number of aliphatic hydroxyl groups is 1. The molecule has 1 heterocycles. The smallest absolute Gasteiger partial charge is 0.137 e. The minimum absolute atomic E-state index is 0.383. The largest absolute Gasteiger partial charge is 0.490 e. The predicted molar refractivity (Wildman–Crippen MR) is 81.3 cm³/mol. The van der Waals surface area contributed by atoms with Crippen LogP contribution in [0.4, 0.5) is 0 Å². The Hall–Kier alpha value is -1.06. The van der Waals surface area contributed by atoms with Gasteiger partial charge in [-0.2, -0.15) is 0 Å². The zero-order valence-corrected chi connectivity index (χ0v) is 12.9. The van der Waals surface area contributed by atoms with Crippen LogP contribution in [0.1, 0.15) is 38.7 Å². The van der Waals surface area contributed by atoms with E-state index in [1.807, 2.05) is 31.2 Å². The van der Waals surface area contributed by atoms with Gasteiger partial charge in [0.15, 0.2) is 0 Å². The van der Waals surface area contributed by atoms with Gasteiger partial charge >= 0.3 is 0 Å². The molecule has 0 radical (unpaired) electrons. The topological polar surface area (TPSA) is 33.9 Å². The molecule has 1 aromatic rings. The van der Waals surface area contributed by atoms with Crippen molar-refractivity contribution >= 4 is 0 Å². The summed E-state index contributed by atoms with van der Waals surface area (Å²) in [6.07, 6.45) is 3.46. The fourth-order valence-electron chi connectivity index (χ4n) is 3.22. The Labute approximate surface area is 122 Å². The van der Waals surface area contributed by atoms with E-state index in [4.69, 9.17) is 4.74 Å². The molecule has 0 spiro atoms. The van der Waals surface area contributed by atoms with Gasteiger partial charge in [0.25, 0.3) is 0 Å². The molecule has 3 heteroatoms. The third-order valence-electron chi connectivity index (χ3n) is 4.54. The van der Waals surface area contributed by atoms with Gasteiger partial charge in [0.1, 0.15) is 25.0 Å². The summed E-state index contributed by atoms with van der Waals surface area (Å²) in [5.41, 5.74) is 1.12. The SMILES string of the molecule is Cc1ccccc1OC[C@H](O)C[NH+]1[C@@H](C)CCC[C@@H]1C. The fraction of sp³-hybridized carbons (Fsp3) is 0.647. The number of nitrogens with one attached hydrogen (secondary N) is 1. The molecule has 0 amide bonds. The van der Waals surface area contributed by atoms with E-state index in [1.54, 1.807) is 0 Å². The number of ether oxygens (including phenoxy) is 1. The normalized spacial score (nSPS) is 25.4. The van der Waals surface area contributed by atoms with E-state index in [0.717, 1.165) is 17.9 Å². The van der Waals surface area contributed by atoms with Crippen molar-refractivity contribution in [3.63, 3.8) is 0 Å². The number of para-hydroxylation sites is 1. The summed E-state index contributed by atoms with van der Waals surface area (Å²) < 4.78 is 5.75. The maximum absolute atomic E-state index is 10.2. The standard InChI is InChI=1S/C17H27NO2/c1-13-7-4-5-10-17(13)20-12-16(19)11-18-14(2)8-6-9-15(18)3/h4-5,7,10,14-16,19H,6,8-9,11-12H2,1-3H3/p+1/t14-,15-,16+/m0/s1. The highest BCUT2D eigenvalue weighted by Crippen LogP contribution is 2.16. The van der Waals surface area contributed by atoms with Crippen molar-refractivity contribution in [1.29, 1.82) is 0 Å². The summed E-state index contributed by atoms with van der Waals surface area (Å²) >= 11 is 0. The molecule has 0 unspecified atom stereocenters. The minimum atomic E-state index is -0.396. The second-order valence-electron chi connectivity index (χ2n) is 6.24. The van der Waals surface area contributed by atoms with Crippen LogP contribution >= 0.6 is 0 Å². The van der Waals surface area contributed by atoms with Gasteiger partial charge in [-0.1, -0.05) is 18.2 Å². The average Bonchev–Trinajstić information content (AvgIpc) is 2.42. The molecule has 20 heavy (non-hydrogen) atoms. The molecule has 1 aliphatic rings. The van der Waals surface area contributed by atoms with Crippen LogP contribution in [0.25, 0.3) is 0 Å². The van der Waals surface area contributed by atoms with Crippen molar-refractivity contribution in [3.8, 4) is 5.75 Å². The van der Waals surface area contributed by atoms with Gasteiger partial charge in [0.2, 0.25) is 0 Å². The third-order valence-corrected chi connectivity index (χ3v) is 4.54. The van der Waals surface area contributed by atoms with Crippen LogP contribution in [-0.2, 0) is 0 Å². The summed E-state index contributed by atoms with van der Waals surface area (Å²) in [6, 6.07) is 9.25. The number of benzene rings is 1. The number of likely N-dealkylation sites (tertiary alicyclic amines) is 1. The van der Waals surface area contributed by atoms with Crippen LogP contribution in [0.2, 0.25) is 0 Å². The Kier molecular flexibility index (Phi) is 5.44. The van der Waals surface area contributed by atoms with Crippen LogP contribution in [-0.4, -0.2) is 36.4 Å². The van der Waals surface area contributed by atoms with Gasteiger partial charge in [0.05, 0.1) is 12.1 Å². The van der Waals surface area contributed by atoms with E-state index in [2.05, 4.69) is 13.8 Å². The number of piperidine rings is 1. The number of hydrogen-bond donors (Lipinski definition) is 2. The highest BCUT2D eigenvalue weighted by atomic mass is 16.5. The van der Waals surface area contributed by atoms with Crippen molar-refractivity contribution in [1.82, 2.24) is 0 Å². The lowest BCUT2D eigenvalue weighted by Crippen LogP contribution is -3.20. The Balaban J connectivity index is 1.83. The van der Waals surface area contributed by atoms with Crippen molar-refractivity contribution < 1.29 is 14.7 Å². The van der Waals surface area contributed by atoms with Crippen molar-refractivity contribution in [3.05, 3.63) is 29.8 Å². The number of aryl methyl sites for hydroxylation is 1. The van der Waals surface area contributed by atoms with Crippen molar-refractivity contribution in [2.24, 2.45) is 0 Å². The molecule has 0 saturated carbocycles. The van der Waals surface area contributed by atoms with Crippen molar-refractivity contribution in [2.75, 3.05) is 13.2 Å². The summed E-state index contributed by atoms with van der Waals surface area (Å²) in [5.74, 6) is 0.876. The number of rotatable bonds is 5. The summed E-state index contributed by atoms with van der Waals surface area (Å²) in [4.78, 5) is 1.53. The van der Waals surface area contributed by atoms with Crippen LogP contribution in [0.5, 0.6) is 5.75 Å². The zero-order valence-electron chi connectivity index (χ0n) is 12.9. The monoisotopic (exact) mass is 278 g/mol. The van der Waals surface area contributed by atoms with Gasteiger partial charge in [0, 0.05) is 0 Å². The molecule has 1 aliphatic heterocycles. The molecule has 2 rings (SSSR count). The first kappa shape index (κ1) is 15.3. The fourth-order valence-corrected chi connectivity index (χ4v) is 3.22. The van der Waals surface area contributed by atoms with E-state index in [-0.39, 0.29) is 0 Å². The molecule has 0 bridgehead atoms. The Morgan fingerprint density at radius 3 is 2.55 bits per heavy atom. The van der Waals surface area contributed by atoms with Crippen LogP contribution in [0.3, 0.4) is 0 Å². The summed E-state index contributed by atoms with van der Waals surface area (Å²) in [7, 11) is 0. The number of hydrogen-bond acceptors (Lipinski definition) is 2. The predicted octanol–water partition coefficient (Wildman–Crippen LogP) is 1.58. The van der Waals surface area contributed by atoms with E-state index >= 15 is 0 Å². The van der Waals surface area contributed by atoms with Gasteiger partial charge < -0.3 is 14.7 Å². The first-order valence-electron chi connectivity index (χ1n) is 7.80. The molecule has 3 atom stereocenters. The molecular weight excluding hydrogens is 250 g/mol.